The van der Waals surface area contributed by atoms with E-state index in [1.54, 1.807) is 0 Å². The van der Waals surface area contributed by atoms with Gasteiger partial charge in [0.25, 0.3) is 0 Å². The smallest absolute Gasteiger partial charge is 0.0237 e. The van der Waals surface area contributed by atoms with Gasteiger partial charge in [0.2, 0.25) is 0 Å². The fourth-order valence-corrected chi connectivity index (χ4v) is 4.54. The Bertz CT molecular complexity index is 94.3. The van der Waals surface area contributed by atoms with Gasteiger partial charge in [-0.05, 0) is 19.3 Å². The van der Waals surface area contributed by atoms with Crippen molar-refractivity contribution in [3.05, 3.63) is 0 Å². The molecule has 3 unspecified atom stereocenters. The van der Waals surface area contributed by atoms with Crippen LogP contribution in [-0.4, -0.2) is 11.8 Å². The van der Waals surface area contributed by atoms with Gasteiger partial charge in [-0.1, -0.05) is 67.8 Å². The van der Waals surface area contributed by atoms with E-state index in [9.17, 15) is 0 Å². The lowest BCUT2D eigenvalue weighted by Crippen LogP contribution is -2.24. The van der Waals surface area contributed by atoms with Crippen LogP contribution in [0, 0.1) is 0 Å². The van der Waals surface area contributed by atoms with Gasteiger partial charge in [-0.2, -0.15) is 0 Å². The van der Waals surface area contributed by atoms with Crippen LogP contribution in [0.2, 0.25) is 0 Å². The molecule has 3 heteroatoms. The highest BCUT2D eigenvalue weighted by Gasteiger charge is 2.24. The number of alkyl halides is 3. The summed E-state index contributed by atoms with van der Waals surface area (Å²) in [6.07, 6.45) is 4.30. The van der Waals surface area contributed by atoms with E-state index < -0.39 is 0 Å². The van der Waals surface area contributed by atoms with Gasteiger partial charge in [-0.3, -0.25) is 0 Å². The molecule has 0 spiro atoms. The van der Waals surface area contributed by atoms with E-state index in [1.165, 1.54) is 19.3 Å². The highest BCUT2D eigenvalue weighted by molar-refractivity contribution is 14.1. The van der Waals surface area contributed by atoms with E-state index >= 15 is 0 Å². The van der Waals surface area contributed by atoms with E-state index in [0.717, 1.165) is 11.8 Å². The van der Waals surface area contributed by atoms with Crippen LogP contribution in [0.4, 0.5) is 0 Å². The van der Waals surface area contributed by atoms with Crippen LogP contribution < -0.4 is 0 Å². The largest absolute Gasteiger partial charge is 0.0826 e. The zero-order valence-corrected chi connectivity index (χ0v) is 11.5. The first-order chi connectivity index (χ1) is 4.20. The van der Waals surface area contributed by atoms with E-state index in [-0.39, 0.29) is 0 Å². The molecule has 1 aliphatic carbocycles. The van der Waals surface area contributed by atoms with Crippen molar-refractivity contribution in [3.63, 3.8) is 0 Å². The highest BCUT2D eigenvalue weighted by atomic mass is 127. The number of halogens is 3. The first-order valence-electron chi connectivity index (χ1n) is 3.12. The first-order valence-corrected chi connectivity index (χ1v) is 6.86. The fraction of sp³-hybridized carbons (Fsp3) is 1.00. The van der Waals surface area contributed by atoms with Crippen molar-refractivity contribution < 1.29 is 0 Å². The molecule has 3 atom stereocenters. The maximum absolute atomic E-state index is 2.59. The summed E-state index contributed by atoms with van der Waals surface area (Å²) in [4.78, 5) is 0. The third kappa shape index (κ3) is 2.96. The molecule has 1 saturated carbocycles. The lowest BCUT2D eigenvalue weighted by Gasteiger charge is -2.26. The molecule has 0 aromatic carbocycles. The van der Waals surface area contributed by atoms with Crippen molar-refractivity contribution in [3.8, 4) is 0 Å². The molecule has 1 fully saturated rings. The number of hydrogen-bond donors (Lipinski definition) is 0. The molecule has 1 aliphatic rings. The summed E-state index contributed by atoms with van der Waals surface area (Å²) in [7, 11) is 0. The maximum Gasteiger partial charge on any atom is 0.0237 e. The second-order valence-corrected chi connectivity index (χ2v) is 7.40. The van der Waals surface area contributed by atoms with E-state index in [1.807, 2.05) is 0 Å². The summed E-state index contributed by atoms with van der Waals surface area (Å²) in [5.41, 5.74) is 0. The molecular formula is C6H9I3. The minimum atomic E-state index is 0.929. The lowest BCUT2D eigenvalue weighted by atomic mass is 10.0. The number of rotatable bonds is 0. The molecular weight excluding hydrogens is 453 g/mol. The molecule has 0 amide bonds. The van der Waals surface area contributed by atoms with Crippen LogP contribution in [-0.2, 0) is 0 Å². The van der Waals surface area contributed by atoms with Gasteiger partial charge in [0, 0.05) is 11.8 Å². The Balaban J connectivity index is 2.35. The van der Waals surface area contributed by atoms with Gasteiger partial charge in [0.15, 0.2) is 0 Å². The first kappa shape index (κ1) is 9.28. The molecule has 0 aromatic rings. The van der Waals surface area contributed by atoms with Gasteiger partial charge in [0.05, 0.1) is 0 Å². The molecule has 0 nitrogen and oxygen atoms in total. The Morgan fingerprint density at radius 1 is 0.889 bits per heavy atom. The highest BCUT2D eigenvalue weighted by Crippen LogP contribution is 2.34. The van der Waals surface area contributed by atoms with E-state index in [0.29, 0.717) is 0 Å². The predicted molar refractivity (Wildman–Crippen MR) is 67.3 cm³/mol. The Hall–Kier alpha value is 2.19. The lowest BCUT2D eigenvalue weighted by molar-refractivity contribution is 0.578. The van der Waals surface area contributed by atoms with Crippen LogP contribution in [0.15, 0.2) is 0 Å². The van der Waals surface area contributed by atoms with Crippen LogP contribution in [0.5, 0.6) is 0 Å². The predicted octanol–water partition coefficient (Wildman–Crippen LogP) is 3.58. The van der Waals surface area contributed by atoms with Gasteiger partial charge in [-0.25, -0.2) is 0 Å². The Morgan fingerprint density at radius 3 is 2.00 bits per heavy atom. The van der Waals surface area contributed by atoms with Crippen LogP contribution in [0.25, 0.3) is 0 Å². The average Bonchev–Trinajstić information content (AvgIpc) is 1.80. The maximum atomic E-state index is 2.59. The summed E-state index contributed by atoms with van der Waals surface area (Å²) in [5, 5.41) is 0. The van der Waals surface area contributed by atoms with Crippen molar-refractivity contribution in [1.82, 2.24) is 0 Å². The average molecular weight is 462 g/mol. The van der Waals surface area contributed by atoms with Crippen molar-refractivity contribution in [2.24, 2.45) is 0 Å². The standard InChI is InChI=1S/C6H9I3/c7-4-1-2-5(8)6(9)3-4/h4-6H,1-3H2. The molecule has 0 radical (unpaired) electrons. The Morgan fingerprint density at radius 2 is 1.56 bits per heavy atom. The third-order valence-electron chi connectivity index (χ3n) is 1.63. The molecule has 0 saturated heterocycles. The summed E-state index contributed by atoms with van der Waals surface area (Å²) >= 11 is 7.74. The molecule has 0 aromatic heterocycles. The van der Waals surface area contributed by atoms with Crippen molar-refractivity contribution in [2.45, 2.75) is 31.0 Å². The Labute approximate surface area is 97.3 Å². The van der Waals surface area contributed by atoms with Gasteiger partial charge < -0.3 is 0 Å². The summed E-state index contributed by atoms with van der Waals surface area (Å²) in [6, 6.07) is 0. The monoisotopic (exact) mass is 462 g/mol. The van der Waals surface area contributed by atoms with Crippen LogP contribution in [0.1, 0.15) is 19.3 Å². The second kappa shape index (κ2) is 4.27. The summed E-state index contributed by atoms with van der Waals surface area (Å²) in [6.45, 7) is 0. The van der Waals surface area contributed by atoms with Crippen molar-refractivity contribution in [2.75, 3.05) is 0 Å². The molecule has 0 N–H and O–H groups in total. The zero-order valence-electron chi connectivity index (χ0n) is 4.99. The van der Waals surface area contributed by atoms with E-state index in [2.05, 4.69) is 67.8 Å². The minimum absolute atomic E-state index is 0.929. The van der Waals surface area contributed by atoms with Crippen LogP contribution in [0.3, 0.4) is 0 Å². The fourth-order valence-electron chi connectivity index (χ4n) is 1.03. The minimum Gasteiger partial charge on any atom is -0.0826 e. The van der Waals surface area contributed by atoms with E-state index in [4.69, 9.17) is 0 Å². The molecule has 9 heavy (non-hydrogen) atoms. The Kier molecular flexibility index (Phi) is 4.41. The van der Waals surface area contributed by atoms with Crippen LogP contribution >= 0.6 is 67.8 Å². The van der Waals surface area contributed by atoms with Gasteiger partial charge in [0.1, 0.15) is 0 Å². The third-order valence-corrected chi connectivity index (χ3v) is 7.00. The van der Waals surface area contributed by atoms with Crippen molar-refractivity contribution >= 4 is 67.8 Å². The SMILES string of the molecule is IC1CCC(I)C(I)C1. The summed E-state index contributed by atoms with van der Waals surface area (Å²) < 4.78 is 2.82. The number of hydrogen-bond acceptors (Lipinski definition) is 0. The molecule has 0 heterocycles. The zero-order chi connectivity index (χ0) is 6.85. The van der Waals surface area contributed by atoms with Crippen molar-refractivity contribution in [1.29, 1.82) is 0 Å². The quantitative estimate of drug-likeness (QED) is 0.382. The molecule has 0 aliphatic heterocycles. The van der Waals surface area contributed by atoms with Gasteiger partial charge >= 0.3 is 0 Å². The summed E-state index contributed by atoms with van der Waals surface area (Å²) in [5.74, 6) is 0. The van der Waals surface area contributed by atoms with Gasteiger partial charge in [-0.15, -0.1) is 0 Å². The normalized spacial score (nSPS) is 45.0. The molecule has 0 bridgehead atoms. The topological polar surface area (TPSA) is 0 Å². The molecule has 1 rings (SSSR count). The molecule has 54 valence electrons. The second-order valence-electron chi connectivity index (χ2n) is 2.44.